The molecule has 0 aliphatic carbocycles. The van der Waals surface area contributed by atoms with Gasteiger partial charge in [-0.3, -0.25) is 4.79 Å². The second kappa shape index (κ2) is 6.02. The van der Waals surface area contributed by atoms with E-state index in [1.165, 1.54) is 11.3 Å². The van der Waals surface area contributed by atoms with Gasteiger partial charge >= 0.3 is 0 Å². The highest BCUT2D eigenvalue weighted by molar-refractivity contribution is 9.11. The van der Waals surface area contributed by atoms with Crippen LogP contribution < -0.4 is 5.73 Å². The SMILES string of the molecule is CC(CC(N)=NO)N(C)C(=O)c1csc(Br)c1. The Balaban J connectivity index is 2.69. The molecule has 0 fully saturated rings. The van der Waals surface area contributed by atoms with Gasteiger partial charge in [0.25, 0.3) is 5.91 Å². The second-order valence-corrected chi connectivity index (χ2v) is 5.99. The van der Waals surface area contributed by atoms with Gasteiger partial charge in [0.2, 0.25) is 0 Å². The van der Waals surface area contributed by atoms with Crippen LogP contribution in [0.25, 0.3) is 0 Å². The Hall–Kier alpha value is -1.08. The largest absolute Gasteiger partial charge is 0.409 e. The lowest BCUT2D eigenvalue weighted by Gasteiger charge is -2.24. The first kappa shape index (κ1) is 14.0. The Morgan fingerprint density at radius 3 is 2.88 bits per heavy atom. The zero-order chi connectivity index (χ0) is 13.0. The van der Waals surface area contributed by atoms with Crippen LogP contribution in [0.5, 0.6) is 0 Å². The molecule has 0 spiro atoms. The van der Waals surface area contributed by atoms with E-state index in [0.29, 0.717) is 12.0 Å². The van der Waals surface area contributed by atoms with E-state index in [1.807, 2.05) is 6.92 Å². The summed E-state index contributed by atoms with van der Waals surface area (Å²) in [7, 11) is 1.70. The Morgan fingerprint density at radius 1 is 1.76 bits per heavy atom. The molecule has 0 radical (unpaired) electrons. The summed E-state index contributed by atoms with van der Waals surface area (Å²) in [6.45, 7) is 1.84. The highest BCUT2D eigenvalue weighted by Crippen LogP contribution is 2.22. The Bertz CT molecular complexity index is 433. The lowest BCUT2D eigenvalue weighted by atomic mass is 10.2. The van der Waals surface area contributed by atoms with Crippen LogP contribution in [0.2, 0.25) is 0 Å². The standard InChI is InChI=1S/C10H14BrN3O2S/c1-6(3-9(12)13-16)14(2)10(15)7-4-8(11)17-5-7/h4-6,16H,3H2,1-2H3,(H2,12,13). The average Bonchev–Trinajstić information content (AvgIpc) is 2.73. The fraction of sp³-hybridized carbons (Fsp3) is 0.400. The lowest BCUT2D eigenvalue weighted by molar-refractivity contribution is 0.0747. The third-order valence-electron chi connectivity index (χ3n) is 2.43. The predicted molar refractivity (Wildman–Crippen MR) is 71.6 cm³/mol. The molecule has 7 heteroatoms. The topological polar surface area (TPSA) is 78.9 Å². The summed E-state index contributed by atoms with van der Waals surface area (Å²) < 4.78 is 0.915. The Labute approximate surface area is 112 Å². The maximum atomic E-state index is 12.0. The third kappa shape index (κ3) is 3.71. The first-order valence-corrected chi connectivity index (χ1v) is 6.60. The summed E-state index contributed by atoms with van der Waals surface area (Å²) in [5.41, 5.74) is 6.05. The number of thiophene rings is 1. The molecule has 94 valence electrons. The van der Waals surface area contributed by atoms with E-state index in [4.69, 9.17) is 10.9 Å². The smallest absolute Gasteiger partial charge is 0.254 e. The van der Waals surface area contributed by atoms with Crippen molar-refractivity contribution in [2.45, 2.75) is 19.4 Å². The summed E-state index contributed by atoms with van der Waals surface area (Å²) in [6.07, 6.45) is 0.337. The number of oxime groups is 1. The van der Waals surface area contributed by atoms with Crippen molar-refractivity contribution in [2.24, 2.45) is 10.9 Å². The number of halogens is 1. The van der Waals surface area contributed by atoms with Crippen LogP contribution in [0.4, 0.5) is 0 Å². The number of amides is 1. The molecule has 1 aromatic rings. The monoisotopic (exact) mass is 319 g/mol. The first-order valence-electron chi connectivity index (χ1n) is 4.93. The summed E-state index contributed by atoms with van der Waals surface area (Å²) >= 11 is 4.77. The molecule has 17 heavy (non-hydrogen) atoms. The van der Waals surface area contributed by atoms with E-state index in [9.17, 15) is 4.79 Å². The van der Waals surface area contributed by atoms with Gasteiger partial charge in [0.1, 0.15) is 5.84 Å². The van der Waals surface area contributed by atoms with Gasteiger partial charge in [-0.05, 0) is 28.9 Å². The van der Waals surface area contributed by atoms with Gasteiger partial charge in [-0.1, -0.05) is 5.16 Å². The molecule has 0 bridgehead atoms. The van der Waals surface area contributed by atoms with Gasteiger partial charge in [-0.15, -0.1) is 11.3 Å². The fourth-order valence-electron chi connectivity index (χ4n) is 1.31. The number of nitrogens with zero attached hydrogens (tertiary/aromatic N) is 2. The molecule has 1 atom stereocenters. The normalized spacial score (nSPS) is 13.5. The van der Waals surface area contributed by atoms with Crippen LogP contribution in [0.15, 0.2) is 20.4 Å². The van der Waals surface area contributed by atoms with E-state index in [0.717, 1.165) is 3.79 Å². The van der Waals surface area contributed by atoms with Crippen molar-refractivity contribution in [3.8, 4) is 0 Å². The number of amidine groups is 1. The molecule has 1 aromatic heterocycles. The molecule has 0 aromatic carbocycles. The molecule has 1 amide bonds. The van der Waals surface area contributed by atoms with E-state index >= 15 is 0 Å². The van der Waals surface area contributed by atoms with Gasteiger partial charge in [0.05, 0.1) is 9.35 Å². The molecule has 1 heterocycles. The van der Waals surface area contributed by atoms with Crippen molar-refractivity contribution in [3.63, 3.8) is 0 Å². The average molecular weight is 320 g/mol. The van der Waals surface area contributed by atoms with Gasteiger partial charge in [-0.25, -0.2) is 0 Å². The molecule has 0 aliphatic rings. The zero-order valence-corrected chi connectivity index (χ0v) is 12.0. The highest BCUT2D eigenvalue weighted by Gasteiger charge is 2.19. The van der Waals surface area contributed by atoms with Crippen molar-refractivity contribution < 1.29 is 10.0 Å². The van der Waals surface area contributed by atoms with Crippen LogP contribution in [-0.2, 0) is 0 Å². The molecule has 3 N–H and O–H groups in total. The predicted octanol–water partition coefficient (Wildman–Crippen LogP) is 2.11. The van der Waals surface area contributed by atoms with Gasteiger partial charge < -0.3 is 15.8 Å². The maximum Gasteiger partial charge on any atom is 0.254 e. The minimum atomic E-state index is -0.128. The Morgan fingerprint density at radius 2 is 2.41 bits per heavy atom. The third-order valence-corrected chi connectivity index (χ3v) is 3.93. The number of rotatable bonds is 4. The van der Waals surface area contributed by atoms with E-state index in [2.05, 4.69) is 21.1 Å². The van der Waals surface area contributed by atoms with E-state index in [1.54, 1.807) is 23.4 Å². The molecule has 1 unspecified atom stereocenters. The summed E-state index contributed by atoms with van der Waals surface area (Å²) in [5.74, 6) is 0.0360. The molecule has 0 saturated carbocycles. The Kier molecular flexibility index (Phi) is 4.95. The fourth-order valence-corrected chi connectivity index (χ4v) is 2.44. The van der Waals surface area contributed by atoms with Crippen molar-refractivity contribution in [2.75, 3.05) is 7.05 Å². The van der Waals surface area contributed by atoms with Crippen molar-refractivity contribution in [3.05, 3.63) is 20.8 Å². The van der Waals surface area contributed by atoms with Gasteiger partial charge in [-0.2, -0.15) is 0 Å². The second-order valence-electron chi connectivity index (χ2n) is 3.70. The van der Waals surface area contributed by atoms with Crippen LogP contribution in [-0.4, -0.2) is 34.9 Å². The number of hydrogen-bond donors (Lipinski definition) is 2. The number of nitrogens with two attached hydrogens (primary N) is 1. The number of hydrogen-bond acceptors (Lipinski definition) is 4. The quantitative estimate of drug-likeness (QED) is 0.386. The first-order chi connectivity index (χ1) is 7.95. The molecular weight excluding hydrogens is 306 g/mol. The van der Waals surface area contributed by atoms with Crippen molar-refractivity contribution in [1.29, 1.82) is 0 Å². The minimum absolute atomic E-state index is 0.0785. The molecule has 1 rings (SSSR count). The van der Waals surface area contributed by atoms with E-state index < -0.39 is 0 Å². The van der Waals surface area contributed by atoms with E-state index in [-0.39, 0.29) is 17.8 Å². The van der Waals surface area contributed by atoms with Crippen LogP contribution in [0.3, 0.4) is 0 Å². The van der Waals surface area contributed by atoms with Crippen LogP contribution in [0.1, 0.15) is 23.7 Å². The maximum absolute atomic E-state index is 12.0. The molecule has 0 aliphatic heterocycles. The molecular formula is C10H14BrN3O2S. The number of carbonyl (C=O) groups excluding carboxylic acids is 1. The molecule has 5 nitrogen and oxygen atoms in total. The summed E-state index contributed by atoms with van der Waals surface area (Å²) in [6, 6.07) is 1.65. The van der Waals surface area contributed by atoms with Crippen LogP contribution >= 0.6 is 27.3 Å². The summed E-state index contributed by atoms with van der Waals surface area (Å²) in [4.78, 5) is 13.6. The summed E-state index contributed by atoms with van der Waals surface area (Å²) in [5, 5.41) is 13.2. The lowest BCUT2D eigenvalue weighted by Crippen LogP contribution is -2.37. The van der Waals surface area contributed by atoms with Crippen LogP contribution in [0, 0.1) is 0 Å². The van der Waals surface area contributed by atoms with Crippen molar-refractivity contribution >= 4 is 39.0 Å². The highest BCUT2D eigenvalue weighted by atomic mass is 79.9. The minimum Gasteiger partial charge on any atom is -0.409 e. The van der Waals surface area contributed by atoms with Gasteiger partial charge in [0.15, 0.2) is 0 Å². The van der Waals surface area contributed by atoms with Crippen molar-refractivity contribution in [1.82, 2.24) is 4.90 Å². The van der Waals surface area contributed by atoms with Gasteiger partial charge in [0, 0.05) is 24.9 Å². The molecule has 0 saturated heterocycles. The number of carbonyl (C=O) groups is 1. The zero-order valence-electron chi connectivity index (χ0n) is 9.55.